The molecule has 1 rings (SSSR count). The Morgan fingerprint density at radius 3 is 1.88 bits per heavy atom. The Labute approximate surface area is 196 Å². The highest BCUT2D eigenvalue weighted by atomic mass is 32.1. The zero-order valence-corrected chi connectivity index (χ0v) is 19.0. The van der Waals surface area contributed by atoms with Gasteiger partial charge in [-0.1, -0.05) is 12.1 Å². The molecule has 1 aromatic carbocycles. The number of rotatable bonds is 12. The van der Waals surface area contributed by atoms with E-state index in [2.05, 4.69) is 28.6 Å². The minimum absolute atomic E-state index is 0.00202. The molecular weight excluding hydrogens is 456 g/mol. The third kappa shape index (κ3) is 8.88. The molecule has 13 heteroatoms. The Balaban J connectivity index is 3.03. The molecule has 0 aliphatic heterocycles. The van der Waals surface area contributed by atoms with Gasteiger partial charge in [-0.05, 0) is 31.5 Å². The molecular formula is C20H30N4O8S. The van der Waals surface area contributed by atoms with Crippen molar-refractivity contribution in [2.24, 2.45) is 5.73 Å². The number of hydrogen-bond donors (Lipinski definition) is 9. The molecule has 0 fully saturated rings. The van der Waals surface area contributed by atoms with Crippen LogP contribution in [0.15, 0.2) is 24.3 Å². The van der Waals surface area contributed by atoms with Crippen molar-refractivity contribution in [2.75, 3.05) is 5.75 Å². The van der Waals surface area contributed by atoms with Crippen LogP contribution in [0.4, 0.5) is 0 Å². The molecule has 6 unspecified atom stereocenters. The highest BCUT2D eigenvalue weighted by Crippen LogP contribution is 2.12. The van der Waals surface area contributed by atoms with Crippen molar-refractivity contribution in [1.29, 1.82) is 0 Å². The molecule has 0 aliphatic rings. The van der Waals surface area contributed by atoms with E-state index in [1.165, 1.54) is 38.1 Å². The number of amides is 3. The van der Waals surface area contributed by atoms with Gasteiger partial charge in [0.1, 0.15) is 23.9 Å². The number of aliphatic carboxylic acids is 1. The van der Waals surface area contributed by atoms with Gasteiger partial charge < -0.3 is 42.1 Å². The molecule has 0 aliphatic carbocycles. The Hall–Kier alpha value is -2.87. The maximum Gasteiger partial charge on any atom is 0.328 e. The summed E-state index contributed by atoms with van der Waals surface area (Å²) in [7, 11) is 0. The summed E-state index contributed by atoms with van der Waals surface area (Å²) in [5, 5.41) is 44.6. The summed E-state index contributed by atoms with van der Waals surface area (Å²) in [6, 6.07) is 0.401. The lowest BCUT2D eigenvalue weighted by molar-refractivity contribution is -0.145. The fourth-order valence-corrected chi connectivity index (χ4v) is 2.93. The Bertz CT molecular complexity index is 834. The van der Waals surface area contributed by atoms with E-state index in [0.29, 0.717) is 5.56 Å². The number of phenolic OH excluding ortho intramolecular Hbond substituents is 1. The number of aliphatic hydroxyl groups is 2. The van der Waals surface area contributed by atoms with Crippen molar-refractivity contribution in [1.82, 2.24) is 16.0 Å². The van der Waals surface area contributed by atoms with E-state index in [-0.39, 0.29) is 17.9 Å². The zero-order valence-electron chi connectivity index (χ0n) is 18.1. The number of aliphatic hydroxyl groups excluding tert-OH is 2. The third-order valence-corrected chi connectivity index (χ3v) is 5.06. The molecule has 0 bridgehead atoms. The molecule has 184 valence electrons. The normalized spacial score (nSPS) is 16.4. The second-order valence-electron chi connectivity index (χ2n) is 7.51. The molecule has 0 radical (unpaired) electrons. The topological polar surface area (TPSA) is 211 Å². The number of phenols is 1. The lowest BCUT2D eigenvalue weighted by Crippen LogP contribution is -2.59. The Kier molecular flexibility index (Phi) is 11.1. The van der Waals surface area contributed by atoms with E-state index in [9.17, 15) is 34.5 Å². The summed E-state index contributed by atoms with van der Waals surface area (Å²) < 4.78 is 0. The molecule has 0 saturated heterocycles. The van der Waals surface area contributed by atoms with Crippen LogP contribution in [0.3, 0.4) is 0 Å². The third-order valence-electron chi connectivity index (χ3n) is 4.69. The minimum Gasteiger partial charge on any atom is -0.508 e. The number of nitrogens with two attached hydrogens (primary N) is 1. The second-order valence-corrected chi connectivity index (χ2v) is 7.87. The smallest absolute Gasteiger partial charge is 0.328 e. The van der Waals surface area contributed by atoms with Crippen LogP contribution in [0.1, 0.15) is 19.4 Å². The molecule has 0 saturated carbocycles. The van der Waals surface area contributed by atoms with E-state index in [1.807, 2.05) is 0 Å². The van der Waals surface area contributed by atoms with Crippen molar-refractivity contribution in [3.05, 3.63) is 29.8 Å². The molecule has 33 heavy (non-hydrogen) atoms. The van der Waals surface area contributed by atoms with Gasteiger partial charge in [-0.15, -0.1) is 0 Å². The number of aromatic hydroxyl groups is 1. The summed E-state index contributed by atoms with van der Waals surface area (Å²) >= 11 is 4.01. The lowest BCUT2D eigenvalue weighted by atomic mass is 10.0. The van der Waals surface area contributed by atoms with Gasteiger partial charge in [0, 0.05) is 12.2 Å². The number of carboxylic acid groups (broad SMARTS) is 1. The van der Waals surface area contributed by atoms with Crippen LogP contribution in [0, 0.1) is 0 Å². The van der Waals surface area contributed by atoms with E-state index in [0.717, 1.165) is 0 Å². The summed E-state index contributed by atoms with van der Waals surface area (Å²) in [5.74, 6) is -4.19. The standard InChI is InChI=1S/C20H30N4O8S/c1-9(25)15(21)19(30)22-13(7-11-3-5-12(27)6-4-11)17(28)23-14(8-33)18(29)24-16(10(2)26)20(31)32/h3-6,9-10,13-16,25-27,33H,7-8,21H2,1-2H3,(H,22,30)(H,23,28)(H,24,29)(H,31,32). The Morgan fingerprint density at radius 2 is 1.42 bits per heavy atom. The average Bonchev–Trinajstić information content (AvgIpc) is 2.75. The number of carboxylic acids is 1. The first-order valence-electron chi connectivity index (χ1n) is 10.0. The molecule has 12 nitrogen and oxygen atoms in total. The SMILES string of the molecule is CC(O)C(N)C(=O)NC(Cc1ccc(O)cc1)C(=O)NC(CS)C(=O)NC(C(=O)O)C(C)O. The summed E-state index contributed by atoms with van der Waals surface area (Å²) in [6.45, 7) is 2.49. The first-order valence-corrected chi connectivity index (χ1v) is 10.6. The number of benzene rings is 1. The number of carbonyl (C=O) groups is 4. The summed E-state index contributed by atoms with van der Waals surface area (Å²) in [5.41, 5.74) is 6.19. The molecule has 0 spiro atoms. The summed E-state index contributed by atoms with van der Waals surface area (Å²) in [4.78, 5) is 48.9. The maximum absolute atomic E-state index is 12.9. The van der Waals surface area contributed by atoms with Gasteiger partial charge in [-0.25, -0.2) is 4.79 Å². The highest BCUT2D eigenvalue weighted by Gasteiger charge is 2.32. The number of hydrogen-bond acceptors (Lipinski definition) is 9. The zero-order chi connectivity index (χ0) is 25.3. The summed E-state index contributed by atoms with van der Waals surface area (Å²) in [6.07, 6.45) is -2.63. The molecule has 0 aromatic heterocycles. The van der Waals surface area contributed by atoms with E-state index in [4.69, 9.17) is 10.8 Å². The van der Waals surface area contributed by atoms with Crippen LogP contribution in [-0.2, 0) is 25.6 Å². The quantitative estimate of drug-likeness (QED) is 0.143. The second kappa shape index (κ2) is 13.0. The van der Waals surface area contributed by atoms with Gasteiger partial charge in [0.05, 0.1) is 12.2 Å². The van der Waals surface area contributed by atoms with Crippen molar-refractivity contribution < 1.29 is 39.6 Å². The monoisotopic (exact) mass is 486 g/mol. The van der Waals surface area contributed by atoms with Crippen LogP contribution < -0.4 is 21.7 Å². The molecule has 0 heterocycles. The van der Waals surface area contributed by atoms with E-state index in [1.54, 1.807) is 0 Å². The van der Waals surface area contributed by atoms with Crippen LogP contribution >= 0.6 is 12.6 Å². The van der Waals surface area contributed by atoms with Gasteiger partial charge in [0.15, 0.2) is 6.04 Å². The van der Waals surface area contributed by atoms with E-state index < -0.39 is 60.1 Å². The van der Waals surface area contributed by atoms with Crippen LogP contribution in [0.5, 0.6) is 5.75 Å². The first kappa shape index (κ1) is 28.2. The van der Waals surface area contributed by atoms with Gasteiger partial charge >= 0.3 is 5.97 Å². The largest absolute Gasteiger partial charge is 0.508 e. The van der Waals surface area contributed by atoms with Crippen LogP contribution in [0.2, 0.25) is 0 Å². The van der Waals surface area contributed by atoms with E-state index >= 15 is 0 Å². The predicted octanol–water partition coefficient (Wildman–Crippen LogP) is -2.51. The average molecular weight is 487 g/mol. The first-order chi connectivity index (χ1) is 15.4. The number of thiol groups is 1. The Morgan fingerprint density at radius 1 is 0.909 bits per heavy atom. The van der Waals surface area contributed by atoms with Crippen LogP contribution in [-0.4, -0.2) is 86.2 Å². The van der Waals surface area contributed by atoms with Gasteiger partial charge in [-0.2, -0.15) is 12.6 Å². The highest BCUT2D eigenvalue weighted by molar-refractivity contribution is 7.80. The van der Waals surface area contributed by atoms with Gasteiger partial charge in [-0.3, -0.25) is 14.4 Å². The van der Waals surface area contributed by atoms with Gasteiger partial charge in [0.25, 0.3) is 0 Å². The van der Waals surface area contributed by atoms with Crippen molar-refractivity contribution in [2.45, 2.75) is 56.6 Å². The van der Waals surface area contributed by atoms with Crippen molar-refractivity contribution in [3.8, 4) is 5.75 Å². The molecule has 6 atom stereocenters. The van der Waals surface area contributed by atoms with Crippen LogP contribution in [0.25, 0.3) is 0 Å². The maximum atomic E-state index is 12.9. The fourth-order valence-electron chi connectivity index (χ4n) is 2.67. The van der Waals surface area contributed by atoms with Crippen molar-refractivity contribution in [3.63, 3.8) is 0 Å². The molecule has 1 aromatic rings. The lowest BCUT2D eigenvalue weighted by Gasteiger charge is -2.25. The number of nitrogens with one attached hydrogen (secondary N) is 3. The number of carbonyl (C=O) groups excluding carboxylic acids is 3. The predicted molar refractivity (Wildman–Crippen MR) is 120 cm³/mol. The molecule has 3 amide bonds. The molecule has 9 N–H and O–H groups in total. The fraction of sp³-hybridized carbons (Fsp3) is 0.500. The minimum atomic E-state index is -1.60. The van der Waals surface area contributed by atoms with Gasteiger partial charge in [0.2, 0.25) is 17.7 Å². The van der Waals surface area contributed by atoms with Crippen molar-refractivity contribution >= 4 is 36.3 Å².